The summed E-state index contributed by atoms with van der Waals surface area (Å²) < 4.78 is 0. The van der Waals surface area contributed by atoms with Crippen LogP contribution in [0.25, 0.3) is 0 Å². The third-order valence-electron chi connectivity index (χ3n) is 1.74. The summed E-state index contributed by atoms with van der Waals surface area (Å²) in [6, 6.07) is 0. The van der Waals surface area contributed by atoms with Crippen molar-refractivity contribution in [3.63, 3.8) is 0 Å². The molecule has 0 saturated carbocycles. The molecule has 0 saturated heterocycles. The number of nitrogens with one attached hydrogen (secondary N) is 1. The van der Waals surface area contributed by atoms with Crippen molar-refractivity contribution in [2.24, 2.45) is 0 Å². The third-order valence-corrected chi connectivity index (χ3v) is 1.74. The van der Waals surface area contributed by atoms with Gasteiger partial charge in [0.1, 0.15) is 0 Å². The molecule has 0 amide bonds. The molecule has 1 aromatic rings. The van der Waals surface area contributed by atoms with E-state index >= 15 is 0 Å². The molecule has 0 unspecified atom stereocenters. The largest absolute Gasteiger partial charge is 0.298 e. The first kappa shape index (κ1) is 8.20. The van der Waals surface area contributed by atoms with E-state index in [0.717, 1.165) is 25.3 Å². The lowest BCUT2D eigenvalue weighted by Gasteiger charge is -2.15. The predicted molar refractivity (Wildman–Crippen MR) is 43.0 cm³/mol. The van der Waals surface area contributed by atoms with Gasteiger partial charge in [-0.15, -0.1) is 0 Å². The fourth-order valence-electron chi connectivity index (χ4n) is 0.978. The van der Waals surface area contributed by atoms with Gasteiger partial charge in [0.15, 0.2) is 0 Å². The van der Waals surface area contributed by atoms with Gasteiger partial charge in [-0.1, -0.05) is 13.8 Å². The van der Waals surface area contributed by atoms with E-state index in [9.17, 15) is 0 Å². The van der Waals surface area contributed by atoms with E-state index in [2.05, 4.69) is 34.2 Å². The van der Waals surface area contributed by atoms with Crippen LogP contribution >= 0.6 is 0 Å². The molecule has 0 bridgehead atoms. The van der Waals surface area contributed by atoms with Gasteiger partial charge in [-0.3, -0.25) is 4.90 Å². The normalized spacial score (nSPS) is 10.8. The number of nitrogens with zero attached hydrogens (tertiary/aromatic N) is 3. The second kappa shape index (κ2) is 4.08. The second-order valence-electron chi connectivity index (χ2n) is 2.42. The summed E-state index contributed by atoms with van der Waals surface area (Å²) >= 11 is 0. The highest BCUT2D eigenvalue weighted by Crippen LogP contribution is 1.96. The Balaban J connectivity index is 2.41. The summed E-state index contributed by atoms with van der Waals surface area (Å²) in [5.74, 6) is 0. The van der Waals surface area contributed by atoms with E-state index in [1.165, 1.54) is 0 Å². The van der Waals surface area contributed by atoms with Crippen LogP contribution in [0, 0.1) is 0 Å². The van der Waals surface area contributed by atoms with Crippen LogP contribution in [0.1, 0.15) is 19.5 Å². The van der Waals surface area contributed by atoms with Crippen molar-refractivity contribution in [3.05, 3.63) is 11.9 Å². The number of hydrogen-bond donors (Lipinski definition) is 1. The first-order chi connectivity index (χ1) is 5.36. The zero-order chi connectivity index (χ0) is 8.10. The van der Waals surface area contributed by atoms with E-state index in [0.29, 0.717) is 0 Å². The van der Waals surface area contributed by atoms with Crippen LogP contribution in [-0.2, 0) is 6.54 Å². The summed E-state index contributed by atoms with van der Waals surface area (Å²) in [5.41, 5.74) is 1.01. The zero-order valence-corrected chi connectivity index (χ0v) is 7.04. The molecule has 0 fully saturated rings. The van der Waals surface area contributed by atoms with Crippen molar-refractivity contribution in [3.8, 4) is 0 Å². The van der Waals surface area contributed by atoms with Crippen molar-refractivity contribution < 1.29 is 0 Å². The van der Waals surface area contributed by atoms with E-state index in [-0.39, 0.29) is 0 Å². The molecular weight excluding hydrogens is 140 g/mol. The molecular formula is C7H14N4. The first-order valence-electron chi connectivity index (χ1n) is 3.93. The maximum atomic E-state index is 3.97. The molecule has 0 aliphatic rings. The van der Waals surface area contributed by atoms with Crippen LogP contribution in [0.3, 0.4) is 0 Å². The maximum Gasteiger partial charge on any atom is 0.0964 e. The summed E-state index contributed by atoms with van der Waals surface area (Å²) in [6.07, 6.45) is 1.76. The Morgan fingerprint density at radius 2 is 2.18 bits per heavy atom. The second-order valence-corrected chi connectivity index (χ2v) is 2.42. The van der Waals surface area contributed by atoms with Crippen LogP contribution in [0.4, 0.5) is 0 Å². The van der Waals surface area contributed by atoms with Gasteiger partial charge >= 0.3 is 0 Å². The van der Waals surface area contributed by atoms with Gasteiger partial charge in [-0.05, 0) is 13.1 Å². The number of aromatic nitrogens is 3. The standard InChI is InChI=1S/C7H14N4/c1-3-11(4-2)6-7-5-8-10-9-7/h5H,3-4,6H2,1-2H3,(H,8,9,10). The lowest BCUT2D eigenvalue weighted by molar-refractivity contribution is 0.292. The van der Waals surface area contributed by atoms with Crippen LogP contribution < -0.4 is 0 Å². The third kappa shape index (κ3) is 2.31. The van der Waals surface area contributed by atoms with Crippen LogP contribution in [0.5, 0.6) is 0 Å². The Morgan fingerprint density at radius 3 is 2.64 bits per heavy atom. The molecule has 0 aromatic carbocycles. The molecule has 1 N–H and O–H groups in total. The van der Waals surface area contributed by atoms with E-state index in [4.69, 9.17) is 0 Å². The highest BCUT2D eigenvalue weighted by molar-refractivity contribution is 4.89. The number of aromatic amines is 1. The number of rotatable bonds is 4. The Morgan fingerprint density at radius 1 is 1.45 bits per heavy atom. The average molecular weight is 154 g/mol. The molecule has 1 rings (SSSR count). The first-order valence-corrected chi connectivity index (χ1v) is 3.93. The fraction of sp³-hybridized carbons (Fsp3) is 0.714. The van der Waals surface area contributed by atoms with Gasteiger partial charge in [-0.25, -0.2) is 0 Å². The number of H-pyrrole nitrogens is 1. The molecule has 62 valence electrons. The molecule has 0 spiro atoms. The lowest BCUT2D eigenvalue weighted by Crippen LogP contribution is -2.22. The molecule has 1 aromatic heterocycles. The molecule has 0 atom stereocenters. The minimum atomic E-state index is 0.892. The molecule has 4 heteroatoms. The van der Waals surface area contributed by atoms with Crippen molar-refractivity contribution in [1.82, 2.24) is 20.3 Å². The zero-order valence-electron chi connectivity index (χ0n) is 7.04. The van der Waals surface area contributed by atoms with Gasteiger partial charge in [0.2, 0.25) is 0 Å². The molecule has 0 radical (unpaired) electrons. The summed E-state index contributed by atoms with van der Waals surface area (Å²) in [5, 5.41) is 10.3. The van der Waals surface area contributed by atoms with Gasteiger partial charge in [0.05, 0.1) is 11.9 Å². The van der Waals surface area contributed by atoms with Gasteiger partial charge < -0.3 is 0 Å². The Labute approximate surface area is 66.6 Å². The summed E-state index contributed by atoms with van der Waals surface area (Å²) in [6.45, 7) is 7.30. The maximum absolute atomic E-state index is 3.97. The topological polar surface area (TPSA) is 44.8 Å². The van der Waals surface area contributed by atoms with Crippen LogP contribution in [-0.4, -0.2) is 33.4 Å². The molecule has 0 aliphatic heterocycles. The van der Waals surface area contributed by atoms with Crippen LogP contribution in [0.15, 0.2) is 6.20 Å². The van der Waals surface area contributed by atoms with E-state index in [1.54, 1.807) is 6.20 Å². The number of hydrogen-bond acceptors (Lipinski definition) is 3. The molecule has 11 heavy (non-hydrogen) atoms. The van der Waals surface area contributed by atoms with Gasteiger partial charge in [0.25, 0.3) is 0 Å². The molecule has 4 nitrogen and oxygen atoms in total. The van der Waals surface area contributed by atoms with Crippen molar-refractivity contribution in [1.29, 1.82) is 0 Å². The minimum absolute atomic E-state index is 0.892. The minimum Gasteiger partial charge on any atom is -0.298 e. The van der Waals surface area contributed by atoms with Crippen LogP contribution in [0.2, 0.25) is 0 Å². The van der Waals surface area contributed by atoms with E-state index < -0.39 is 0 Å². The van der Waals surface area contributed by atoms with Crippen molar-refractivity contribution >= 4 is 0 Å². The van der Waals surface area contributed by atoms with Gasteiger partial charge in [0, 0.05) is 6.54 Å². The highest BCUT2D eigenvalue weighted by Gasteiger charge is 2.01. The monoisotopic (exact) mass is 154 g/mol. The summed E-state index contributed by atoms with van der Waals surface area (Å²) in [7, 11) is 0. The Hall–Kier alpha value is -0.900. The Kier molecular flexibility index (Phi) is 3.04. The van der Waals surface area contributed by atoms with Crippen molar-refractivity contribution in [2.75, 3.05) is 13.1 Å². The Bertz CT molecular complexity index is 178. The quantitative estimate of drug-likeness (QED) is 0.692. The smallest absolute Gasteiger partial charge is 0.0964 e. The fourth-order valence-corrected chi connectivity index (χ4v) is 0.978. The van der Waals surface area contributed by atoms with Gasteiger partial charge in [-0.2, -0.15) is 15.4 Å². The molecule has 0 aliphatic carbocycles. The van der Waals surface area contributed by atoms with E-state index in [1.807, 2.05) is 0 Å². The highest BCUT2D eigenvalue weighted by atomic mass is 15.3. The lowest BCUT2D eigenvalue weighted by atomic mass is 10.4. The average Bonchev–Trinajstić information content (AvgIpc) is 2.52. The summed E-state index contributed by atoms with van der Waals surface area (Å²) in [4.78, 5) is 2.29. The predicted octanol–water partition coefficient (Wildman–Crippen LogP) is 0.646. The van der Waals surface area contributed by atoms with Crippen molar-refractivity contribution in [2.45, 2.75) is 20.4 Å². The SMILES string of the molecule is CCN(CC)Cc1cn[nH]n1. The molecule has 1 heterocycles.